The zero-order valence-electron chi connectivity index (χ0n) is 14.8. The summed E-state index contributed by atoms with van der Waals surface area (Å²) in [6.07, 6.45) is 5.42. The van der Waals surface area contributed by atoms with Crippen LogP contribution < -0.4 is 10.2 Å². The minimum absolute atomic E-state index is 0.100. The van der Waals surface area contributed by atoms with Crippen LogP contribution in [-0.4, -0.2) is 33.3 Å². The number of thiazole rings is 1. The Morgan fingerprint density at radius 1 is 1.27 bits per heavy atom. The zero-order chi connectivity index (χ0) is 18.1. The molecule has 0 saturated carbocycles. The van der Waals surface area contributed by atoms with Crippen molar-refractivity contribution in [2.75, 3.05) is 16.8 Å². The van der Waals surface area contributed by atoms with Crippen molar-refractivity contribution in [2.24, 2.45) is 7.05 Å². The predicted molar refractivity (Wildman–Crippen MR) is 104 cm³/mol. The Bertz CT molecular complexity index is 914. The highest BCUT2D eigenvalue weighted by atomic mass is 32.1. The fraction of sp³-hybridized carbons (Fsp3) is 0.316. The van der Waals surface area contributed by atoms with E-state index >= 15 is 0 Å². The van der Waals surface area contributed by atoms with Crippen molar-refractivity contribution in [1.29, 1.82) is 0 Å². The number of nitrogens with one attached hydrogen (secondary N) is 1. The molecular weight excluding hydrogens is 346 g/mol. The molecule has 0 radical (unpaired) electrons. The standard InChI is InChI=1S/C19H21N5OS/c1-13-21-18(12-26-13)14-5-7-15(8-6-14)22-17-4-3-9-24(19(17)25)16-10-20-23(2)11-16/h5-8,10-12,17,22H,3-4,9H2,1-2H3. The van der Waals surface area contributed by atoms with Crippen LogP contribution in [0.4, 0.5) is 11.4 Å². The average molecular weight is 367 g/mol. The number of benzene rings is 1. The lowest BCUT2D eigenvalue weighted by Crippen LogP contribution is -2.47. The van der Waals surface area contributed by atoms with Crippen molar-refractivity contribution < 1.29 is 4.79 Å². The molecule has 1 amide bonds. The summed E-state index contributed by atoms with van der Waals surface area (Å²) < 4.78 is 1.72. The highest BCUT2D eigenvalue weighted by Gasteiger charge is 2.30. The van der Waals surface area contributed by atoms with Crippen LogP contribution in [0.2, 0.25) is 0 Å². The molecule has 134 valence electrons. The van der Waals surface area contributed by atoms with E-state index in [1.165, 1.54) is 0 Å². The van der Waals surface area contributed by atoms with Crippen molar-refractivity contribution in [2.45, 2.75) is 25.8 Å². The van der Waals surface area contributed by atoms with Crippen LogP contribution >= 0.6 is 11.3 Å². The van der Waals surface area contributed by atoms with Gasteiger partial charge in [-0.05, 0) is 31.9 Å². The number of carbonyl (C=O) groups is 1. The average Bonchev–Trinajstić information content (AvgIpc) is 3.26. The third-order valence-corrected chi connectivity index (χ3v) is 5.36. The van der Waals surface area contributed by atoms with Crippen LogP contribution in [0.15, 0.2) is 42.0 Å². The number of aryl methyl sites for hydroxylation is 2. The fourth-order valence-corrected chi connectivity index (χ4v) is 3.87. The minimum Gasteiger partial charge on any atom is -0.374 e. The number of amides is 1. The Balaban J connectivity index is 1.47. The Morgan fingerprint density at radius 3 is 2.73 bits per heavy atom. The maximum absolute atomic E-state index is 12.8. The molecule has 26 heavy (non-hydrogen) atoms. The van der Waals surface area contributed by atoms with E-state index in [0.29, 0.717) is 0 Å². The van der Waals surface area contributed by atoms with Crippen LogP contribution in [0.1, 0.15) is 17.8 Å². The van der Waals surface area contributed by atoms with Gasteiger partial charge in [-0.1, -0.05) is 12.1 Å². The van der Waals surface area contributed by atoms with E-state index in [1.807, 2.05) is 49.3 Å². The van der Waals surface area contributed by atoms with E-state index < -0.39 is 0 Å². The molecule has 1 aliphatic heterocycles. The first kappa shape index (κ1) is 16.8. The second-order valence-electron chi connectivity index (χ2n) is 6.53. The SMILES string of the molecule is Cc1nc(-c2ccc(NC3CCCN(c4cnn(C)c4)C3=O)cc2)cs1. The summed E-state index contributed by atoms with van der Waals surface area (Å²) in [7, 11) is 1.86. The van der Waals surface area contributed by atoms with Gasteiger partial charge in [0.25, 0.3) is 0 Å². The van der Waals surface area contributed by atoms with Crippen LogP contribution in [-0.2, 0) is 11.8 Å². The van der Waals surface area contributed by atoms with E-state index in [4.69, 9.17) is 0 Å². The maximum Gasteiger partial charge on any atom is 0.249 e. The molecule has 1 aliphatic rings. The topological polar surface area (TPSA) is 63.1 Å². The van der Waals surface area contributed by atoms with Gasteiger partial charge < -0.3 is 10.2 Å². The van der Waals surface area contributed by atoms with Crippen LogP contribution in [0.5, 0.6) is 0 Å². The van der Waals surface area contributed by atoms with Gasteiger partial charge in [0, 0.05) is 36.4 Å². The molecule has 1 aromatic carbocycles. The van der Waals surface area contributed by atoms with E-state index in [0.717, 1.165) is 47.0 Å². The quantitative estimate of drug-likeness (QED) is 0.767. The number of carbonyl (C=O) groups excluding carboxylic acids is 1. The van der Waals surface area contributed by atoms with Gasteiger partial charge in [-0.15, -0.1) is 11.3 Å². The molecule has 0 bridgehead atoms. The van der Waals surface area contributed by atoms with E-state index in [-0.39, 0.29) is 11.9 Å². The lowest BCUT2D eigenvalue weighted by molar-refractivity contribution is -0.120. The first-order chi connectivity index (χ1) is 12.6. The summed E-state index contributed by atoms with van der Waals surface area (Å²) in [5, 5.41) is 10.7. The molecule has 3 heterocycles. The molecule has 2 aromatic heterocycles. The molecule has 1 atom stereocenters. The van der Waals surface area contributed by atoms with Crippen LogP contribution in [0.3, 0.4) is 0 Å². The molecular formula is C19H21N5OS. The van der Waals surface area contributed by atoms with Gasteiger partial charge in [0.1, 0.15) is 6.04 Å². The van der Waals surface area contributed by atoms with Crippen molar-refractivity contribution >= 4 is 28.6 Å². The van der Waals surface area contributed by atoms with Crippen LogP contribution in [0.25, 0.3) is 11.3 Å². The molecule has 0 aliphatic carbocycles. The molecule has 4 rings (SSSR count). The Labute approximate surface area is 156 Å². The number of aromatic nitrogens is 3. The predicted octanol–water partition coefficient (Wildman–Crippen LogP) is 3.46. The van der Waals surface area contributed by atoms with Crippen molar-refractivity contribution in [3.63, 3.8) is 0 Å². The summed E-state index contributed by atoms with van der Waals surface area (Å²) in [5.41, 5.74) is 3.90. The molecule has 3 aromatic rings. The number of nitrogens with zero attached hydrogens (tertiary/aromatic N) is 4. The molecule has 7 heteroatoms. The first-order valence-electron chi connectivity index (χ1n) is 8.69. The van der Waals surface area contributed by atoms with Gasteiger partial charge >= 0.3 is 0 Å². The highest BCUT2D eigenvalue weighted by molar-refractivity contribution is 7.09. The number of rotatable bonds is 4. The molecule has 6 nitrogen and oxygen atoms in total. The fourth-order valence-electron chi connectivity index (χ4n) is 3.25. The minimum atomic E-state index is -0.212. The van der Waals surface area contributed by atoms with Gasteiger partial charge in [0.15, 0.2) is 0 Å². The highest BCUT2D eigenvalue weighted by Crippen LogP contribution is 2.25. The third kappa shape index (κ3) is 3.35. The second kappa shape index (κ2) is 6.92. The molecule has 1 saturated heterocycles. The first-order valence-corrected chi connectivity index (χ1v) is 9.57. The smallest absolute Gasteiger partial charge is 0.249 e. The number of piperidine rings is 1. The third-order valence-electron chi connectivity index (χ3n) is 4.58. The monoisotopic (exact) mass is 367 g/mol. The normalized spacial score (nSPS) is 17.5. The van der Waals surface area contributed by atoms with Gasteiger partial charge in [0.2, 0.25) is 5.91 Å². The summed E-state index contributed by atoms with van der Waals surface area (Å²) in [6, 6.07) is 7.91. The van der Waals surface area contributed by atoms with Crippen molar-refractivity contribution in [3.8, 4) is 11.3 Å². The summed E-state index contributed by atoms with van der Waals surface area (Å²) in [6.45, 7) is 2.75. The van der Waals surface area contributed by atoms with Gasteiger partial charge in [-0.2, -0.15) is 5.10 Å². The summed E-state index contributed by atoms with van der Waals surface area (Å²) >= 11 is 1.65. The largest absolute Gasteiger partial charge is 0.374 e. The Morgan fingerprint density at radius 2 is 2.08 bits per heavy atom. The molecule has 1 N–H and O–H groups in total. The van der Waals surface area contributed by atoms with Gasteiger partial charge in [0.05, 0.1) is 22.6 Å². The van der Waals surface area contributed by atoms with E-state index in [9.17, 15) is 4.79 Å². The summed E-state index contributed by atoms with van der Waals surface area (Å²) in [5.74, 6) is 0.100. The summed E-state index contributed by atoms with van der Waals surface area (Å²) in [4.78, 5) is 19.2. The molecule has 1 unspecified atom stereocenters. The van der Waals surface area contributed by atoms with Crippen LogP contribution in [0, 0.1) is 6.92 Å². The molecule has 1 fully saturated rings. The number of hydrogen-bond acceptors (Lipinski definition) is 5. The maximum atomic E-state index is 12.8. The second-order valence-corrected chi connectivity index (χ2v) is 7.59. The number of anilines is 2. The van der Waals surface area contributed by atoms with Crippen molar-refractivity contribution in [1.82, 2.24) is 14.8 Å². The Kier molecular flexibility index (Phi) is 4.46. The lowest BCUT2D eigenvalue weighted by Gasteiger charge is -2.32. The molecule has 0 spiro atoms. The Hall–Kier alpha value is -2.67. The lowest BCUT2D eigenvalue weighted by atomic mass is 10.0. The van der Waals surface area contributed by atoms with Gasteiger partial charge in [-0.25, -0.2) is 4.98 Å². The van der Waals surface area contributed by atoms with E-state index in [1.54, 1.807) is 22.2 Å². The number of hydrogen-bond donors (Lipinski definition) is 1. The van der Waals surface area contributed by atoms with Crippen molar-refractivity contribution in [3.05, 3.63) is 47.0 Å². The zero-order valence-corrected chi connectivity index (χ0v) is 15.7. The van der Waals surface area contributed by atoms with Gasteiger partial charge in [-0.3, -0.25) is 9.48 Å². The van der Waals surface area contributed by atoms with E-state index in [2.05, 4.69) is 20.8 Å².